The van der Waals surface area contributed by atoms with Crippen LogP contribution >= 0.6 is 0 Å². The third-order valence-electron chi connectivity index (χ3n) is 7.50. The second-order valence-electron chi connectivity index (χ2n) is 9.88. The van der Waals surface area contributed by atoms with E-state index in [1.807, 2.05) is 24.0 Å². The Kier molecular flexibility index (Phi) is 5.36. The number of nitrogens with zero attached hydrogens (tertiary/aromatic N) is 2. The Labute approximate surface area is 189 Å². The van der Waals surface area contributed by atoms with Gasteiger partial charge in [-0.05, 0) is 63.6 Å². The highest BCUT2D eigenvalue weighted by molar-refractivity contribution is 5.94. The number of pyridine rings is 1. The van der Waals surface area contributed by atoms with Crippen molar-refractivity contribution in [3.8, 4) is 11.5 Å². The molecule has 6 nitrogen and oxygen atoms in total. The maximum Gasteiger partial charge on any atom is 0.253 e. The number of piperidine rings is 1. The van der Waals surface area contributed by atoms with E-state index < -0.39 is 0 Å². The zero-order valence-electron chi connectivity index (χ0n) is 19.2. The number of hydrogen-bond acceptors (Lipinski definition) is 5. The number of carbonyl (C=O) groups excluding carboxylic acids is 1. The number of amides is 1. The number of ether oxygens (including phenoxy) is 3. The second kappa shape index (κ2) is 8.07. The van der Waals surface area contributed by atoms with Crippen molar-refractivity contribution >= 4 is 5.91 Å². The molecular weight excluding hydrogens is 404 g/mol. The van der Waals surface area contributed by atoms with Gasteiger partial charge in [0.1, 0.15) is 5.60 Å². The summed E-state index contributed by atoms with van der Waals surface area (Å²) in [6, 6.07) is 9.69. The molecule has 0 saturated carbocycles. The van der Waals surface area contributed by atoms with Crippen molar-refractivity contribution < 1.29 is 19.0 Å². The molecule has 6 heteroatoms. The van der Waals surface area contributed by atoms with Gasteiger partial charge in [-0.25, -0.2) is 0 Å². The number of benzene rings is 1. The van der Waals surface area contributed by atoms with E-state index in [0.29, 0.717) is 12.2 Å². The van der Waals surface area contributed by atoms with Gasteiger partial charge >= 0.3 is 0 Å². The van der Waals surface area contributed by atoms with Crippen LogP contribution in [0.3, 0.4) is 0 Å². The normalized spacial score (nSPS) is 25.4. The highest BCUT2D eigenvalue weighted by Crippen LogP contribution is 2.57. The lowest BCUT2D eigenvalue weighted by molar-refractivity contribution is -0.173. The van der Waals surface area contributed by atoms with Crippen LogP contribution in [0, 0.1) is 11.3 Å². The molecule has 1 spiro atoms. The average molecular weight is 437 g/mol. The average Bonchev–Trinajstić information content (AvgIpc) is 2.81. The van der Waals surface area contributed by atoms with Crippen molar-refractivity contribution in [3.63, 3.8) is 0 Å². The first kappa shape index (κ1) is 21.3. The molecule has 0 N–H and O–H groups in total. The predicted octanol–water partition coefficient (Wildman–Crippen LogP) is 4.65. The van der Waals surface area contributed by atoms with E-state index in [4.69, 9.17) is 14.2 Å². The minimum atomic E-state index is -0.359. The molecule has 1 aromatic heterocycles. The number of aromatic nitrogens is 1. The number of para-hydroxylation sites is 1. The Balaban J connectivity index is 1.33. The minimum absolute atomic E-state index is 0.0104. The standard InChI is InChI=1S/C26H32N2O4/c1-4-30-21-7-5-6-19-22-20(25(2,3)32-23(19)21)16-26(17-31-22)10-14-28(15-11-26)24(29)18-8-12-27-13-9-18/h5-9,12-13,20,22H,4,10-11,14-17H2,1-3H3/t20-,22+/m0/s1. The van der Waals surface area contributed by atoms with Crippen LogP contribution in [0.4, 0.5) is 0 Å². The maximum atomic E-state index is 12.9. The van der Waals surface area contributed by atoms with Gasteiger partial charge in [0.05, 0.1) is 19.3 Å². The Morgan fingerprint density at radius 3 is 2.66 bits per heavy atom. The summed E-state index contributed by atoms with van der Waals surface area (Å²) in [7, 11) is 0. The van der Waals surface area contributed by atoms with Gasteiger partial charge in [0.15, 0.2) is 11.5 Å². The predicted molar refractivity (Wildman–Crippen MR) is 121 cm³/mol. The summed E-state index contributed by atoms with van der Waals surface area (Å²) < 4.78 is 19.0. The lowest BCUT2D eigenvalue weighted by Gasteiger charge is -2.54. The minimum Gasteiger partial charge on any atom is -0.490 e. The van der Waals surface area contributed by atoms with Gasteiger partial charge in [-0.15, -0.1) is 0 Å². The van der Waals surface area contributed by atoms with Crippen LogP contribution in [0.15, 0.2) is 42.7 Å². The lowest BCUT2D eigenvalue weighted by atomic mass is 9.64. The summed E-state index contributed by atoms with van der Waals surface area (Å²) >= 11 is 0. The summed E-state index contributed by atoms with van der Waals surface area (Å²) in [5, 5.41) is 0. The van der Waals surface area contributed by atoms with E-state index in [1.165, 1.54) is 0 Å². The quantitative estimate of drug-likeness (QED) is 0.701. The van der Waals surface area contributed by atoms with Crippen LogP contribution in [0.5, 0.6) is 11.5 Å². The molecule has 0 radical (unpaired) electrons. The van der Waals surface area contributed by atoms with Crippen LogP contribution in [-0.4, -0.2) is 47.7 Å². The molecule has 5 rings (SSSR count). The molecular formula is C26H32N2O4. The summed E-state index contributed by atoms with van der Waals surface area (Å²) in [5.74, 6) is 1.97. The second-order valence-corrected chi connectivity index (χ2v) is 9.88. The van der Waals surface area contributed by atoms with Crippen molar-refractivity contribution in [3.05, 3.63) is 53.9 Å². The molecule has 3 aliphatic heterocycles. The van der Waals surface area contributed by atoms with Gasteiger partial charge in [0.2, 0.25) is 0 Å². The number of hydrogen-bond donors (Lipinski definition) is 0. The fraction of sp³-hybridized carbons (Fsp3) is 0.538. The molecule has 2 saturated heterocycles. The molecule has 2 fully saturated rings. The molecule has 1 amide bonds. The van der Waals surface area contributed by atoms with Crippen LogP contribution in [0.1, 0.15) is 62.1 Å². The molecule has 0 aliphatic carbocycles. The Morgan fingerprint density at radius 2 is 1.94 bits per heavy atom. The summed E-state index contributed by atoms with van der Waals surface area (Å²) in [4.78, 5) is 18.8. The third kappa shape index (κ3) is 3.64. The molecule has 4 heterocycles. The molecule has 32 heavy (non-hydrogen) atoms. The monoisotopic (exact) mass is 436 g/mol. The summed E-state index contributed by atoms with van der Waals surface area (Å²) in [6.45, 7) is 9.17. The highest BCUT2D eigenvalue weighted by atomic mass is 16.5. The van der Waals surface area contributed by atoms with Crippen LogP contribution in [-0.2, 0) is 4.74 Å². The largest absolute Gasteiger partial charge is 0.490 e. The zero-order chi connectivity index (χ0) is 22.3. The molecule has 0 bridgehead atoms. The molecule has 3 aliphatic rings. The molecule has 0 unspecified atom stereocenters. The van der Waals surface area contributed by atoms with Gasteiger partial charge in [0, 0.05) is 42.5 Å². The Hall–Kier alpha value is -2.60. The van der Waals surface area contributed by atoms with Gasteiger partial charge in [-0.1, -0.05) is 12.1 Å². The van der Waals surface area contributed by atoms with Crippen molar-refractivity contribution in [1.29, 1.82) is 0 Å². The van der Waals surface area contributed by atoms with Crippen LogP contribution in [0.2, 0.25) is 0 Å². The molecule has 2 atom stereocenters. The fourth-order valence-corrected chi connectivity index (χ4v) is 5.62. The van der Waals surface area contributed by atoms with Crippen molar-refractivity contribution in [1.82, 2.24) is 9.88 Å². The number of rotatable bonds is 3. The van der Waals surface area contributed by atoms with Crippen molar-refractivity contribution in [2.24, 2.45) is 11.3 Å². The number of likely N-dealkylation sites (tertiary alicyclic amines) is 1. The van der Waals surface area contributed by atoms with Gasteiger partial charge in [-0.2, -0.15) is 0 Å². The van der Waals surface area contributed by atoms with Crippen LogP contribution in [0.25, 0.3) is 0 Å². The van der Waals surface area contributed by atoms with Crippen molar-refractivity contribution in [2.45, 2.75) is 51.7 Å². The van der Waals surface area contributed by atoms with Gasteiger partial charge < -0.3 is 19.1 Å². The van der Waals surface area contributed by atoms with E-state index in [1.54, 1.807) is 24.5 Å². The van der Waals surface area contributed by atoms with E-state index in [-0.39, 0.29) is 28.9 Å². The molecule has 170 valence electrons. The molecule has 1 aromatic carbocycles. The molecule has 2 aromatic rings. The van der Waals surface area contributed by atoms with E-state index in [0.717, 1.165) is 56.0 Å². The van der Waals surface area contributed by atoms with E-state index in [2.05, 4.69) is 24.9 Å². The number of fused-ring (bicyclic) bond motifs is 3. The Morgan fingerprint density at radius 1 is 1.19 bits per heavy atom. The first-order chi connectivity index (χ1) is 15.4. The van der Waals surface area contributed by atoms with Gasteiger partial charge in [0.25, 0.3) is 5.91 Å². The fourth-order valence-electron chi connectivity index (χ4n) is 5.62. The van der Waals surface area contributed by atoms with Crippen LogP contribution < -0.4 is 9.47 Å². The topological polar surface area (TPSA) is 60.9 Å². The first-order valence-electron chi connectivity index (χ1n) is 11.7. The van der Waals surface area contributed by atoms with E-state index >= 15 is 0 Å². The summed E-state index contributed by atoms with van der Waals surface area (Å²) in [6.07, 6.45) is 6.31. The Bertz CT molecular complexity index is 983. The number of carbonyl (C=O) groups is 1. The first-order valence-corrected chi connectivity index (χ1v) is 11.7. The highest BCUT2D eigenvalue weighted by Gasteiger charge is 2.53. The SMILES string of the molecule is CCOc1cccc2c1OC(C)(C)[C@H]1CC3(CCN(C(=O)c4ccncc4)CC3)CO[C@H]21. The smallest absolute Gasteiger partial charge is 0.253 e. The lowest BCUT2D eigenvalue weighted by Crippen LogP contribution is -2.54. The van der Waals surface area contributed by atoms with E-state index in [9.17, 15) is 4.79 Å². The van der Waals surface area contributed by atoms with Crippen molar-refractivity contribution in [2.75, 3.05) is 26.3 Å². The zero-order valence-corrected chi connectivity index (χ0v) is 19.2. The summed E-state index contributed by atoms with van der Waals surface area (Å²) in [5.41, 5.74) is 1.54. The maximum absolute atomic E-state index is 12.9. The third-order valence-corrected chi connectivity index (χ3v) is 7.50. The van der Waals surface area contributed by atoms with Gasteiger partial charge in [-0.3, -0.25) is 9.78 Å².